The molecule has 0 aromatic carbocycles. The summed E-state index contributed by atoms with van der Waals surface area (Å²) in [6.07, 6.45) is 5.58. The van der Waals surface area contributed by atoms with Gasteiger partial charge in [0.2, 0.25) is 0 Å². The van der Waals surface area contributed by atoms with Crippen LogP contribution in [0, 0.1) is 12.8 Å². The van der Waals surface area contributed by atoms with Crippen LogP contribution in [0.5, 0.6) is 0 Å². The van der Waals surface area contributed by atoms with Gasteiger partial charge in [-0.25, -0.2) is 15.0 Å². The van der Waals surface area contributed by atoms with Crippen LogP contribution < -0.4 is 0 Å². The Morgan fingerprint density at radius 2 is 1.88 bits per heavy atom. The Bertz CT molecular complexity index is 691. The molecule has 3 rings (SSSR count). The van der Waals surface area contributed by atoms with E-state index >= 15 is 0 Å². The Morgan fingerprint density at radius 3 is 2.40 bits per heavy atom. The van der Waals surface area contributed by atoms with Crippen LogP contribution in [0.25, 0.3) is 11.2 Å². The molecule has 7 nitrogen and oxygen atoms in total. The van der Waals surface area contributed by atoms with Crippen LogP contribution >= 0.6 is 11.6 Å². The van der Waals surface area contributed by atoms with Gasteiger partial charge in [0.05, 0.1) is 6.33 Å². The lowest BCUT2D eigenvalue weighted by molar-refractivity contribution is -0.127. The Morgan fingerprint density at radius 1 is 1.28 bits per heavy atom. The number of carbonyl (C=O) groups is 1. The highest BCUT2D eigenvalue weighted by Gasteiger charge is 2.27. The Kier molecular flexibility index (Phi) is 7.92. The quantitative estimate of drug-likeness (QED) is 0.478. The van der Waals surface area contributed by atoms with Crippen LogP contribution in [-0.2, 0) is 4.79 Å². The van der Waals surface area contributed by atoms with Gasteiger partial charge in [0.15, 0.2) is 16.6 Å². The number of fused-ring (bicyclic) bond motifs is 1. The van der Waals surface area contributed by atoms with E-state index in [9.17, 15) is 4.79 Å². The maximum atomic E-state index is 10.8. The van der Waals surface area contributed by atoms with Crippen molar-refractivity contribution in [3.8, 4) is 0 Å². The van der Waals surface area contributed by atoms with E-state index in [4.69, 9.17) is 21.8 Å². The molecule has 2 atom stereocenters. The minimum Gasteiger partial charge on any atom is -0.366 e. The highest BCUT2D eigenvalue weighted by molar-refractivity contribution is 6.33. The van der Waals surface area contributed by atoms with Crippen molar-refractivity contribution in [3.63, 3.8) is 0 Å². The summed E-state index contributed by atoms with van der Waals surface area (Å²) in [5.74, 6) is -0.704. The number of aromatic nitrogens is 4. The first-order chi connectivity index (χ1) is 11.7. The molecule has 0 bridgehead atoms. The second-order valence-electron chi connectivity index (χ2n) is 6.24. The number of imidazole rings is 1. The maximum absolute atomic E-state index is 10.8. The molecular formula is C17H27ClN4O3. The predicted octanol–water partition coefficient (Wildman–Crippen LogP) is 3.06. The highest BCUT2D eigenvalue weighted by atomic mass is 35.5. The SMILES string of the molecule is CC.CC(C)(O)O.Cc1nc(Cl)c2ncn(C3CCC(C=O)C3)c2n1. The summed E-state index contributed by atoms with van der Waals surface area (Å²) in [4.78, 5) is 23.6. The third kappa shape index (κ3) is 6.34. The third-order valence-electron chi connectivity index (χ3n) is 3.52. The van der Waals surface area contributed by atoms with Gasteiger partial charge < -0.3 is 19.6 Å². The van der Waals surface area contributed by atoms with Gasteiger partial charge >= 0.3 is 0 Å². The number of halogens is 1. The first-order valence-corrected chi connectivity index (χ1v) is 8.83. The van der Waals surface area contributed by atoms with Crippen molar-refractivity contribution >= 4 is 29.1 Å². The van der Waals surface area contributed by atoms with Crippen molar-refractivity contribution < 1.29 is 15.0 Å². The van der Waals surface area contributed by atoms with Gasteiger partial charge in [-0.05, 0) is 40.0 Å². The van der Waals surface area contributed by atoms with Crippen molar-refractivity contribution in [2.75, 3.05) is 0 Å². The first kappa shape index (κ1) is 21.5. The summed E-state index contributed by atoms with van der Waals surface area (Å²) in [5, 5.41) is 16.5. The normalized spacial score (nSPS) is 19.7. The molecule has 0 spiro atoms. The van der Waals surface area contributed by atoms with Crippen LogP contribution in [0.1, 0.15) is 58.8 Å². The molecule has 2 unspecified atom stereocenters. The fraction of sp³-hybridized carbons (Fsp3) is 0.647. The molecule has 140 valence electrons. The average molecular weight is 371 g/mol. The first-order valence-electron chi connectivity index (χ1n) is 8.45. The fourth-order valence-corrected chi connectivity index (χ4v) is 2.87. The number of aliphatic hydroxyl groups is 2. The zero-order chi connectivity index (χ0) is 19.2. The molecule has 0 aliphatic heterocycles. The highest BCUT2D eigenvalue weighted by Crippen LogP contribution is 2.35. The lowest BCUT2D eigenvalue weighted by Gasteiger charge is -2.11. The van der Waals surface area contributed by atoms with E-state index in [2.05, 4.69) is 15.0 Å². The minimum atomic E-state index is -1.50. The van der Waals surface area contributed by atoms with Gasteiger partial charge in [0.1, 0.15) is 17.6 Å². The standard InChI is InChI=1S/C12H13ClN4O.C3H8O2.C2H6/c1-7-15-11(13)10-12(16-7)17(6-14-10)9-3-2-8(4-9)5-18;1-3(2,4)5;1-2/h5-6,8-9H,2-4H2,1H3;4-5H,1-2H3;1-2H3. The average Bonchev–Trinajstić information content (AvgIpc) is 3.13. The van der Waals surface area contributed by atoms with E-state index in [0.29, 0.717) is 16.5 Å². The van der Waals surface area contributed by atoms with Gasteiger partial charge in [-0.2, -0.15) is 0 Å². The summed E-state index contributed by atoms with van der Waals surface area (Å²) >= 11 is 6.06. The molecule has 2 aromatic heterocycles. The molecule has 2 heterocycles. The van der Waals surface area contributed by atoms with Gasteiger partial charge in [-0.1, -0.05) is 25.4 Å². The fourth-order valence-electron chi connectivity index (χ4n) is 2.62. The second kappa shape index (κ2) is 9.22. The number of carbonyl (C=O) groups excluding carboxylic acids is 1. The second-order valence-corrected chi connectivity index (χ2v) is 6.60. The van der Waals surface area contributed by atoms with E-state index in [1.54, 1.807) is 6.33 Å². The Labute approximate surface area is 153 Å². The number of hydrogen-bond acceptors (Lipinski definition) is 6. The monoisotopic (exact) mass is 370 g/mol. The lowest BCUT2D eigenvalue weighted by atomic mass is 10.1. The molecule has 1 fully saturated rings. The van der Waals surface area contributed by atoms with E-state index in [-0.39, 0.29) is 12.0 Å². The number of hydrogen-bond donors (Lipinski definition) is 2. The molecule has 1 aliphatic rings. The van der Waals surface area contributed by atoms with Crippen molar-refractivity contribution in [3.05, 3.63) is 17.3 Å². The number of aryl methyl sites for hydroxylation is 1. The van der Waals surface area contributed by atoms with Crippen molar-refractivity contribution in [2.45, 2.75) is 65.7 Å². The third-order valence-corrected chi connectivity index (χ3v) is 3.79. The van der Waals surface area contributed by atoms with Gasteiger partial charge in [0.25, 0.3) is 0 Å². The summed E-state index contributed by atoms with van der Waals surface area (Å²) in [6.45, 7) is 8.41. The molecule has 25 heavy (non-hydrogen) atoms. The molecule has 0 saturated heterocycles. The van der Waals surface area contributed by atoms with E-state index in [1.165, 1.54) is 13.8 Å². The Hall–Kier alpha value is -1.57. The zero-order valence-electron chi connectivity index (χ0n) is 15.4. The predicted molar refractivity (Wildman–Crippen MR) is 97.4 cm³/mol. The van der Waals surface area contributed by atoms with Crippen LogP contribution in [0.3, 0.4) is 0 Å². The molecule has 2 N–H and O–H groups in total. The van der Waals surface area contributed by atoms with Gasteiger partial charge in [0, 0.05) is 12.0 Å². The van der Waals surface area contributed by atoms with Crippen LogP contribution in [0.2, 0.25) is 5.15 Å². The lowest BCUT2D eigenvalue weighted by Crippen LogP contribution is -2.15. The van der Waals surface area contributed by atoms with Crippen LogP contribution in [0.15, 0.2) is 6.33 Å². The smallest absolute Gasteiger partial charge is 0.165 e. The number of rotatable bonds is 2. The Balaban J connectivity index is 0.000000388. The molecular weight excluding hydrogens is 344 g/mol. The maximum Gasteiger partial charge on any atom is 0.165 e. The van der Waals surface area contributed by atoms with Crippen molar-refractivity contribution in [2.24, 2.45) is 5.92 Å². The molecule has 0 amide bonds. The zero-order valence-corrected chi connectivity index (χ0v) is 16.2. The molecule has 1 aliphatic carbocycles. The molecule has 8 heteroatoms. The van der Waals surface area contributed by atoms with Crippen molar-refractivity contribution in [1.82, 2.24) is 19.5 Å². The van der Waals surface area contributed by atoms with Crippen LogP contribution in [0.4, 0.5) is 0 Å². The van der Waals surface area contributed by atoms with Crippen LogP contribution in [-0.4, -0.2) is 41.8 Å². The van der Waals surface area contributed by atoms with E-state index < -0.39 is 5.79 Å². The van der Waals surface area contributed by atoms with E-state index in [1.807, 2.05) is 25.3 Å². The van der Waals surface area contributed by atoms with Crippen molar-refractivity contribution in [1.29, 1.82) is 0 Å². The number of nitrogens with zero attached hydrogens (tertiary/aromatic N) is 4. The molecule has 0 radical (unpaired) electrons. The number of aldehydes is 1. The van der Waals surface area contributed by atoms with Gasteiger partial charge in [-0.15, -0.1) is 0 Å². The summed E-state index contributed by atoms with van der Waals surface area (Å²) < 4.78 is 2.03. The topological polar surface area (TPSA) is 101 Å². The molecule has 1 saturated carbocycles. The van der Waals surface area contributed by atoms with Gasteiger partial charge in [-0.3, -0.25) is 0 Å². The largest absolute Gasteiger partial charge is 0.366 e. The minimum absolute atomic E-state index is 0.158. The summed E-state index contributed by atoms with van der Waals surface area (Å²) in [6, 6.07) is 0.288. The summed E-state index contributed by atoms with van der Waals surface area (Å²) in [7, 11) is 0. The summed E-state index contributed by atoms with van der Waals surface area (Å²) in [5.41, 5.74) is 1.40. The van der Waals surface area contributed by atoms with E-state index in [0.717, 1.165) is 31.2 Å². The molecule has 2 aromatic rings.